The molecule has 162 valence electrons. The van der Waals surface area contributed by atoms with Crippen LogP contribution in [0.2, 0.25) is 0 Å². The predicted octanol–water partition coefficient (Wildman–Crippen LogP) is 2.64. The van der Waals surface area contributed by atoms with E-state index in [1.54, 1.807) is 0 Å². The molecule has 4 rings (SSSR count). The molecule has 0 radical (unpaired) electrons. The Bertz CT molecular complexity index is 812. The van der Waals surface area contributed by atoms with Crippen LogP contribution in [-0.4, -0.2) is 60.3 Å². The number of hydrogen-bond acceptors (Lipinski definition) is 5. The summed E-state index contributed by atoms with van der Waals surface area (Å²) < 4.78 is 0. The molecule has 5 nitrogen and oxygen atoms in total. The van der Waals surface area contributed by atoms with Crippen LogP contribution in [0, 0.1) is 19.8 Å². The highest BCUT2D eigenvalue weighted by molar-refractivity contribution is 5.34. The quantitative estimate of drug-likeness (QED) is 0.658. The van der Waals surface area contributed by atoms with Gasteiger partial charge >= 0.3 is 0 Å². The second-order valence-electron chi connectivity index (χ2n) is 9.00. The maximum absolute atomic E-state index is 9.65. The molecule has 0 amide bonds. The molecule has 0 saturated carbocycles. The van der Waals surface area contributed by atoms with E-state index in [2.05, 4.69) is 83.0 Å². The number of nitrogens with one attached hydrogen (secondary N) is 2. The summed E-state index contributed by atoms with van der Waals surface area (Å²) in [6, 6.07) is 18.2. The third-order valence-electron chi connectivity index (χ3n) is 6.74. The number of rotatable bonds is 7. The molecule has 0 bridgehead atoms. The zero-order valence-electron chi connectivity index (χ0n) is 18.3. The standard InChI is InChI=1S/C25H36N4O/c1-19-8-9-20(2)24(14-19)25-22(15-26-27-25)17-28-11-12-29(23(18-28)10-13-30)16-21-6-4-3-5-7-21/h3-9,14,22-23,25-27,30H,10-13,15-18H2,1-2H3. The lowest BCUT2D eigenvalue weighted by Gasteiger charge is -2.42. The third kappa shape index (κ3) is 5.10. The molecule has 0 aliphatic carbocycles. The van der Waals surface area contributed by atoms with Crippen LogP contribution in [-0.2, 0) is 6.54 Å². The second-order valence-corrected chi connectivity index (χ2v) is 9.00. The van der Waals surface area contributed by atoms with Crippen molar-refractivity contribution in [3.63, 3.8) is 0 Å². The topological polar surface area (TPSA) is 50.8 Å². The van der Waals surface area contributed by atoms with Gasteiger partial charge in [-0.2, -0.15) is 0 Å². The Balaban J connectivity index is 1.40. The third-order valence-corrected chi connectivity index (χ3v) is 6.74. The summed E-state index contributed by atoms with van der Waals surface area (Å²) in [5.41, 5.74) is 12.4. The van der Waals surface area contributed by atoms with Gasteiger partial charge in [-0.25, -0.2) is 5.43 Å². The molecule has 0 aromatic heterocycles. The molecule has 2 heterocycles. The molecule has 2 aromatic rings. The molecule has 3 atom stereocenters. The van der Waals surface area contributed by atoms with Crippen LogP contribution in [0.25, 0.3) is 0 Å². The fourth-order valence-corrected chi connectivity index (χ4v) is 5.04. The SMILES string of the molecule is Cc1ccc(C)c(C2NNCC2CN2CCN(Cc3ccccc3)C(CCO)C2)c1. The van der Waals surface area contributed by atoms with Crippen molar-refractivity contribution < 1.29 is 5.11 Å². The first-order valence-corrected chi connectivity index (χ1v) is 11.3. The molecule has 2 aliphatic rings. The Morgan fingerprint density at radius 2 is 1.90 bits per heavy atom. The average Bonchev–Trinajstić information content (AvgIpc) is 3.20. The van der Waals surface area contributed by atoms with Gasteiger partial charge in [0.2, 0.25) is 0 Å². The Morgan fingerprint density at radius 1 is 1.07 bits per heavy atom. The van der Waals surface area contributed by atoms with Gasteiger partial charge in [0.05, 0.1) is 6.04 Å². The second kappa shape index (κ2) is 10.0. The average molecular weight is 409 g/mol. The molecule has 0 spiro atoms. The van der Waals surface area contributed by atoms with Crippen LogP contribution in [0.1, 0.15) is 34.7 Å². The van der Waals surface area contributed by atoms with Gasteiger partial charge in [-0.15, -0.1) is 0 Å². The maximum Gasteiger partial charge on any atom is 0.0518 e. The number of nitrogens with zero attached hydrogens (tertiary/aromatic N) is 2. The number of aliphatic hydroxyl groups is 1. The normalized spacial score (nSPS) is 25.6. The lowest BCUT2D eigenvalue weighted by Crippen LogP contribution is -2.54. The van der Waals surface area contributed by atoms with Crippen molar-refractivity contribution in [2.45, 2.75) is 38.9 Å². The van der Waals surface area contributed by atoms with Crippen molar-refractivity contribution in [2.24, 2.45) is 5.92 Å². The van der Waals surface area contributed by atoms with Gasteiger partial charge < -0.3 is 10.0 Å². The van der Waals surface area contributed by atoms with E-state index in [1.807, 2.05) is 0 Å². The Morgan fingerprint density at radius 3 is 2.70 bits per heavy atom. The summed E-state index contributed by atoms with van der Waals surface area (Å²) in [6.45, 7) is 10.9. The van der Waals surface area contributed by atoms with E-state index >= 15 is 0 Å². The minimum Gasteiger partial charge on any atom is -0.396 e. The lowest BCUT2D eigenvalue weighted by molar-refractivity contribution is 0.0457. The summed E-state index contributed by atoms with van der Waals surface area (Å²) in [7, 11) is 0. The molecule has 3 unspecified atom stereocenters. The minimum atomic E-state index is 0.251. The van der Waals surface area contributed by atoms with Crippen LogP contribution in [0.3, 0.4) is 0 Å². The molecule has 5 heteroatoms. The van der Waals surface area contributed by atoms with Crippen molar-refractivity contribution in [1.29, 1.82) is 0 Å². The van der Waals surface area contributed by atoms with Gasteiger partial charge in [0.25, 0.3) is 0 Å². The number of hydrazine groups is 1. The zero-order valence-corrected chi connectivity index (χ0v) is 18.3. The highest BCUT2D eigenvalue weighted by Crippen LogP contribution is 2.29. The molecular formula is C25H36N4O. The van der Waals surface area contributed by atoms with Crippen molar-refractivity contribution in [3.05, 3.63) is 70.8 Å². The number of aryl methyl sites for hydroxylation is 2. The van der Waals surface area contributed by atoms with Crippen molar-refractivity contribution >= 4 is 0 Å². The Hall–Kier alpha value is -1.76. The van der Waals surface area contributed by atoms with Gasteiger partial charge in [0.15, 0.2) is 0 Å². The summed E-state index contributed by atoms with van der Waals surface area (Å²) in [6.07, 6.45) is 0.838. The zero-order chi connectivity index (χ0) is 20.9. The van der Waals surface area contributed by atoms with E-state index in [0.29, 0.717) is 18.0 Å². The Labute approximate surface area is 181 Å². The summed E-state index contributed by atoms with van der Waals surface area (Å²) >= 11 is 0. The first-order valence-electron chi connectivity index (χ1n) is 11.3. The highest BCUT2D eigenvalue weighted by atomic mass is 16.3. The van der Waals surface area contributed by atoms with Gasteiger partial charge in [-0.1, -0.05) is 54.1 Å². The number of benzene rings is 2. The fraction of sp³-hybridized carbons (Fsp3) is 0.520. The summed E-state index contributed by atoms with van der Waals surface area (Å²) in [5, 5.41) is 9.65. The number of aliphatic hydroxyl groups excluding tert-OH is 1. The largest absolute Gasteiger partial charge is 0.396 e. The first-order chi connectivity index (χ1) is 14.6. The lowest BCUT2D eigenvalue weighted by atomic mass is 9.90. The predicted molar refractivity (Wildman–Crippen MR) is 122 cm³/mol. The van der Waals surface area contributed by atoms with Crippen molar-refractivity contribution in [3.8, 4) is 0 Å². The van der Waals surface area contributed by atoms with Crippen LogP contribution in [0.15, 0.2) is 48.5 Å². The highest BCUT2D eigenvalue weighted by Gasteiger charge is 2.33. The smallest absolute Gasteiger partial charge is 0.0518 e. The summed E-state index contributed by atoms with van der Waals surface area (Å²) in [4.78, 5) is 5.16. The van der Waals surface area contributed by atoms with Crippen LogP contribution in [0.4, 0.5) is 0 Å². The van der Waals surface area contributed by atoms with Gasteiger partial charge in [-0.3, -0.25) is 10.3 Å². The van der Waals surface area contributed by atoms with E-state index in [1.165, 1.54) is 22.3 Å². The molecule has 2 fully saturated rings. The van der Waals surface area contributed by atoms with Crippen molar-refractivity contribution in [2.75, 3.05) is 39.3 Å². The van der Waals surface area contributed by atoms with Gasteiger partial charge in [-0.05, 0) is 37.0 Å². The molecule has 2 saturated heterocycles. The van der Waals surface area contributed by atoms with Gasteiger partial charge in [0, 0.05) is 57.8 Å². The molecule has 2 aromatic carbocycles. The van der Waals surface area contributed by atoms with Gasteiger partial charge in [0.1, 0.15) is 0 Å². The van der Waals surface area contributed by atoms with Crippen LogP contribution in [0.5, 0.6) is 0 Å². The fourth-order valence-electron chi connectivity index (χ4n) is 5.04. The number of hydrogen-bond donors (Lipinski definition) is 3. The van der Waals surface area contributed by atoms with E-state index in [9.17, 15) is 5.11 Å². The Kier molecular flexibility index (Phi) is 7.18. The van der Waals surface area contributed by atoms with E-state index in [4.69, 9.17) is 0 Å². The first kappa shape index (κ1) is 21.5. The monoisotopic (exact) mass is 408 g/mol. The number of piperazine rings is 1. The van der Waals surface area contributed by atoms with E-state index in [0.717, 1.165) is 45.7 Å². The maximum atomic E-state index is 9.65. The minimum absolute atomic E-state index is 0.251. The molecule has 3 N–H and O–H groups in total. The molecular weight excluding hydrogens is 372 g/mol. The summed E-state index contributed by atoms with van der Waals surface area (Å²) in [5.74, 6) is 0.543. The van der Waals surface area contributed by atoms with Crippen LogP contribution < -0.4 is 10.9 Å². The van der Waals surface area contributed by atoms with Crippen molar-refractivity contribution in [1.82, 2.24) is 20.7 Å². The molecule has 2 aliphatic heterocycles. The van der Waals surface area contributed by atoms with E-state index in [-0.39, 0.29) is 6.61 Å². The van der Waals surface area contributed by atoms with E-state index < -0.39 is 0 Å². The van der Waals surface area contributed by atoms with Crippen LogP contribution >= 0.6 is 0 Å². The molecule has 30 heavy (non-hydrogen) atoms.